The number of unbranched alkanes of at least 4 members (excludes halogenated alkanes) is 1. The summed E-state index contributed by atoms with van der Waals surface area (Å²) in [6, 6.07) is 7.67. The van der Waals surface area contributed by atoms with Gasteiger partial charge in [-0.15, -0.1) is 0 Å². The number of aliphatic hydroxyl groups excluding tert-OH is 1. The molecule has 3 nitrogen and oxygen atoms in total. The van der Waals surface area contributed by atoms with E-state index in [9.17, 15) is 5.11 Å². The van der Waals surface area contributed by atoms with Crippen molar-refractivity contribution in [2.24, 2.45) is 0 Å². The van der Waals surface area contributed by atoms with Gasteiger partial charge in [-0.3, -0.25) is 0 Å². The fraction of sp³-hybridized carbons (Fsp3) is 0.571. The van der Waals surface area contributed by atoms with E-state index in [1.807, 2.05) is 31.2 Å². The minimum Gasteiger partial charge on any atom is -0.493 e. The van der Waals surface area contributed by atoms with Gasteiger partial charge in [0.2, 0.25) is 0 Å². The van der Waals surface area contributed by atoms with E-state index in [-0.39, 0.29) is 0 Å². The van der Waals surface area contributed by atoms with Gasteiger partial charge in [0.25, 0.3) is 0 Å². The molecule has 0 fully saturated rings. The summed E-state index contributed by atoms with van der Waals surface area (Å²) in [6.45, 7) is 3.39. The number of benzene rings is 1. The van der Waals surface area contributed by atoms with Crippen LogP contribution in [0.5, 0.6) is 5.75 Å². The van der Waals surface area contributed by atoms with Crippen LogP contribution >= 0.6 is 0 Å². The Morgan fingerprint density at radius 3 is 2.59 bits per heavy atom. The molecule has 0 unspecified atom stereocenters. The number of para-hydroxylation sites is 1. The van der Waals surface area contributed by atoms with Crippen molar-refractivity contribution in [2.45, 2.75) is 32.3 Å². The quantitative estimate of drug-likeness (QED) is 0.708. The molecular weight excluding hydrogens is 216 g/mol. The fourth-order valence-corrected chi connectivity index (χ4v) is 1.64. The molecule has 0 aliphatic heterocycles. The fourth-order valence-electron chi connectivity index (χ4n) is 1.64. The predicted molar refractivity (Wildman–Crippen MR) is 68.3 cm³/mol. The van der Waals surface area contributed by atoms with Crippen LogP contribution in [0.1, 0.15) is 37.9 Å². The molecule has 17 heavy (non-hydrogen) atoms. The minimum atomic E-state index is -0.440. The van der Waals surface area contributed by atoms with E-state index >= 15 is 0 Å². The highest BCUT2D eigenvalue weighted by Gasteiger charge is 2.10. The summed E-state index contributed by atoms with van der Waals surface area (Å²) in [5, 5.41) is 9.85. The Bertz CT molecular complexity index is 312. The van der Waals surface area contributed by atoms with Crippen LogP contribution in [0, 0.1) is 0 Å². The normalized spacial score (nSPS) is 12.4. The lowest BCUT2D eigenvalue weighted by molar-refractivity contribution is 0.164. The van der Waals surface area contributed by atoms with E-state index < -0.39 is 6.10 Å². The standard InChI is InChI=1S/C14H22O3/c1-3-13(15)12-8-4-5-9-14(12)17-11-7-6-10-16-2/h4-5,8-9,13,15H,3,6-7,10-11H2,1-2H3/t13-/m0/s1. The number of rotatable bonds is 8. The smallest absolute Gasteiger partial charge is 0.125 e. The summed E-state index contributed by atoms with van der Waals surface area (Å²) in [4.78, 5) is 0. The molecule has 1 N–H and O–H groups in total. The molecule has 0 saturated carbocycles. The largest absolute Gasteiger partial charge is 0.493 e. The molecule has 0 aliphatic carbocycles. The van der Waals surface area contributed by atoms with Crippen LogP contribution in [-0.4, -0.2) is 25.4 Å². The first-order valence-electron chi connectivity index (χ1n) is 6.18. The molecule has 1 aromatic carbocycles. The third-order valence-corrected chi connectivity index (χ3v) is 2.67. The summed E-state index contributed by atoms with van der Waals surface area (Å²) in [7, 11) is 1.70. The number of ether oxygens (including phenoxy) is 2. The van der Waals surface area contributed by atoms with Gasteiger partial charge in [0, 0.05) is 19.3 Å². The lowest BCUT2D eigenvalue weighted by Gasteiger charge is -2.14. The van der Waals surface area contributed by atoms with Crippen molar-refractivity contribution >= 4 is 0 Å². The highest BCUT2D eigenvalue weighted by molar-refractivity contribution is 5.34. The van der Waals surface area contributed by atoms with Crippen LogP contribution in [0.25, 0.3) is 0 Å². The Balaban J connectivity index is 2.46. The minimum absolute atomic E-state index is 0.440. The molecule has 0 saturated heterocycles. The van der Waals surface area contributed by atoms with E-state index in [0.717, 1.165) is 30.8 Å². The van der Waals surface area contributed by atoms with Gasteiger partial charge in [0.1, 0.15) is 5.75 Å². The van der Waals surface area contributed by atoms with E-state index in [1.165, 1.54) is 0 Å². The van der Waals surface area contributed by atoms with Gasteiger partial charge >= 0.3 is 0 Å². The lowest BCUT2D eigenvalue weighted by Crippen LogP contribution is -2.04. The molecule has 1 atom stereocenters. The van der Waals surface area contributed by atoms with Gasteiger partial charge in [-0.25, -0.2) is 0 Å². The second-order valence-electron chi connectivity index (χ2n) is 4.01. The van der Waals surface area contributed by atoms with Crippen molar-refractivity contribution < 1.29 is 14.6 Å². The maximum absolute atomic E-state index is 9.85. The second-order valence-corrected chi connectivity index (χ2v) is 4.01. The van der Waals surface area contributed by atoms with Crippen molar-refractivity contribution in [3.63, 3.8) is 0 Å². The van der Waals surface area contributed by atoms with Crippen LogP contribution in [0.4, 0.5) is 0 Å². The Labute approximate surface area is 103 Å². The maximum atomic E-state index is 9.85. The first-order chi connectivity index (χ1) is 8.29. The third-order valence-electron chi connectivity index (χ3n) is 2.67. The van der Waals surface area contributed by atoms with Gasteiger partial charge in [-0.1, -0.05) is 25.1 Å². The monoisotopic (exact) mass is 238 g/mol. The van der Waals surface area contributed by atoms with Crippen molar-refractivity contribution in [1.82, 2.24) is 0 Å². The van der Waals surface area contributed by atoms with Crippen molar-refractivity contribution in [3.05, 3.63) is 29.8 Å². The summed E-state index contributed by atoms with van der Waals surface area (Å²) in [5.74, 6) is 0.791. The van der Waals surface area contributed by atoms with Gasteiger partial charge in [-0.2, -0.15) is 0 Å². The molecule has 3 heteroatoms. The van der Waals surface area contributed by atoms with E-state index in [0.29, 0.717) is 13.0 Å². The number of methoxy groups -OCH3 is 1. The summed E-state index contributed by atoms with van der Waals surface area (Å²) >= 11 is 0. The highest BCUT2D eigenvalue weighted by atomic mass is 16.5. The van der Waals surface area contributed by atoms with Gasteiger partial charge < -0.3 is 14.6 Å². The van der Waals surface area contributed by atoms with Gasteiger partial charge in [0.05, 0.1) is 12.7 Å². The molecule has 0 spiro atoms. The highest BCUT2D eigenvalue weighted by Crippen LogP contribution is 2.26. The maximum Gasteiger partial charge on any atom is 0.125 e. The van der Waals surface area contributed by atoms with Crippen LogP contribution in [0.15, 0.2) is 24.3 Å². The first-order valence-corrected chi connectivity index (χ1v) is 6.18. The zero-order chi connectivity index (χ0) is 12.5. The molecule has 0 aromatic heterocycles. The Hall–Kier alpha value is -1.06. The van der Waals surface area contributed by atoms with Crippen LogP contribution in [0.2, 0.25) is 0 Å². The molecule has 0 radical (unpaired) electrons. The summed E-state index contributed by atoms with van der Waals surface area (Å²) in [5.41, 5.74) is 0.877. The van der Waals surface area contributed by atoms with Crippen LogP contribution < -0.4 is 4.74 Å². The van der Waals surface area contributed by atoms with Gasteiger partial charge in [0.15, 0.2) is 0 Å². The van der Waals surface area contributed by atoms with Crippen molar-refractivity contribution in [1.29, 1.82) is 0 Å². The number of aliphatic hydroxyl groups is 1. The van der Waals surface area contributed by atoms with Crippen LogP contribution in [-0.2, 0) is 4.74 Å². The summed E-state index contributed by atoms with van der Waals surface area (Å²) in [6.07, 6.45) is 2.22. The lowest BCUT2D eigenvalue weighted by atomic mass is 10.1. The topological polar surface area (TPSA) is 38.7 Å². The molecule has 0 aliphatic rings. The molecule has 1 aromatic rings. The molecule has 0 bridgehead atoms. The zero-order valence-electron chi connectivity index (χ0n) is 10.7. The number of hydrogen-bond acceptors (Lipinski definition) is 3. The van der Waals surface area contributed by atoms with Gasteiger partial charge in [-0.05, 0) is 25.3 Å². The average molecular weight is 238 g/mol. The SMILES string of the molecule is CC[C@H](O)c1ccccc1OCCCCOC. The zero-order valence-corrected chi connectivity index (χ0v) is 10.7. The average Bonchev–Trinajstić information content (AvgIpc) is 2.38. The van der Waals surface area contributed by atoms with E-state index in [4.69, 9.17) is 9.47 Å². The predicted octanol–water partition coefficient (Wildman–Crippen LogP) is 2.94. The Morgan fingerprint density at radius 2 is 1.88 bits per heavy atom. The molecule has 0 heterocycles. The molecule has 0 amide bonds. The second kappa shape index (κ2) is 8.09. The van der Waals surface area contributed by atoms with E-state index in [1.54, 1.807) is 7.11 Å². The Kier molecular flexibility index (Phi) is 6.67. The molecule has 1 rings (SSSR count). The molecular formula is C14H22O3. The Morgan fingerprint density at radius 1 is 1.18 bits per heavy atom. The molecule has 96 valence electrons. The third kappa shape index (κ3) is 4.75. The number of hydrogen-bond donors (Lipinski definition) is 1. The van der Waals surface area contributed by atoms with Crippen molar-refractivity contribution in [3.8, 4) is 5.75 Å². The van der Waals surface area contributed by atoms with E-state index in [2.05, 4.69) is 0 Å². The van der Waals surface area contributed by atoms with Crippen LogP contribution in [0.3, 0.4) is 0 Å². The first kappa shape index (κ1) is 14.0. The van der Waals surface area contributed by atoms with Crippen molar-refractivity contribution in [2.75, 3.05) is 20.3 Å². The summed E-state index contributed by atoms with van der Waals surface area (Å²) < 4.78 is 10.7.